The van der Waals surface area contributed by atoms with E-state index < -0.39 is 0 Å². The highest BCUT2D eigenvalue weighted by atomic mass is 15.3. The monoisotopic (exact) mass is 362 g/mol. The zero-order valence-corrected chi connectivity index (χ0v) is 16.7. The van der Waals surface area contributed by atoms with Crippen LogP contribution < -0.4 is 0 Å². The van der Waals surface area contributed by atoms with Crippen molar-refractivity contribution in [3.63, 3.8) is 0 Å². The van der Waals surface area contributed by atoms with E-state index in [1.807, 2.05) is 0 Å². The molecular formula is C23H30N4. The van der Waals surface area contributed by atoms with Gasteiger partial charge in [0.2, 0.25) is 0 Å². The second-order valence-corrected chi connectivity index (χ2v) is 7.66. The van der Waals surface area contributed by atoms with Gasteiger partial charge in [0, 0.05) is 32.2 Å². The average Bonchev–Trinajstić information content (AvgIpc) is 3.32. The zero-order valence-electron chi connectivity index (χ0n) is 16.7. The maximum atomic E-state index is 4.88. The van der Waals surface area contributed by atoms with Crippen LogP contribution in [0.5, 0.6) is 0 Å². The van der Waals surface area contributed by atoms with Crippen LogP contribution in [0.2, 0.25) is 0 Å². The Morgan fingerprint density at radius 1 is 1.11 bits per heavy atom. The Balaban J connectivity index is 1.46. The van der Waals surface area contributed by atoms with E-state index in [9.17, 15) is 0 Å². The SMILES string of the molecule is CCN(Cc1nc2ccccc2n1C)C1CCN(C(C)c2ccccc2)C1. The minimum absolute atomic E-state index is 0.477. The quantitative estimate of drug-likeness (QED) is 0.656. The minimum Gasteiger partial charge on any atom is -0.330 e. The van der Waals surface area contributed by atoms with E-state index in [1.165, 1.54) is 24.0 Å². The molecule has 0 radical (unpaired) electrons. The molecule has 1 aliphatic heterocycles. The standard InChI is InChI=1S/C23H30N4/c1-4-26(17-23-24-21-12-8-9-13-22(21)25(23)3)20-14-15-27(16-20)18(2)19-10-6-5-7-11-19/h5-13,18,20H,4,14-17H2,1-3H3. The summed E-state index contributed by atoms with van der Waals surface area (Å²) in [5, 5.41) is 0. The summed E-state index contributed by atoms with van der Waals surface area (Å²) in [7, 11) is 2.14. The van der Waals surface area contributed by atoms with Crippen molar-refractivity contribution in [3.05, 3.63) is 66.0 Å². The fourth-order valence-electron chi connectivity index (χ4n) is 4.38. The molecule has 2 heterocycles. The summed E-state index contributed by atoms with van der Waals surface area (Å²) < 4.78 is 2.25. The number of rotatable bonds is 6. The van der Waals surface area contributed by atoms with E-state index in [0.717, 1.165) is 31.0 Å². The molecule has 2 atom stereocenters. The number of aryl methyl sites for hydroxylation is 1. The number of imidazole rings is 1. The predicted octanol–water partition coefficient (Wildman–Crippen LogP) is 4.23. The molecule has 3 aromatic rings. The minimum atomic E-state index is 0.477. The summed E-state index contributed by atoms with van der Waals surface area (Å²) in [4.78, 5) is 10.1. The van der Waals surface area contributed by atoms with Gasteiger partial charge in [0.1, 0.15) is 5.82 Å². The molecule has 1 saturated heterocycles. The maximum absolute atomic E-state index is 4.88. The fourth-order valence-corrected chi connectivity index (χ4v) is 4.38. The van der Waals surface area contributed by atoms with E-state index in [2.05, 4.69) is 89.9 Å². The lowest BCUT2D eigenvalue weighted by Crippen LogP contribution is -2.38. The molecule has 2 unspecified atom stereocenters. The largest absolute Gasteiger partial charge is 0.330 e. The molecule has 0 bridgehead atoms. The normalized spacial score (nSPS) is 19.2. The maximum Gasteiger partial charge on any atom is 0.123 e. The molecule has 0 aliphatic carbocycles. The molecule has 0 amide bonds. The number of hydrogen-bond acceptors (Lipinski definition) is 3. The van der Waals surface area contributed by atoms with E-state index in [-0.39, 0.29) is 0 Å². The molecule has 0 N–H and O–H groups in total. The van der Waals surface area contributed by atoms with Crippen molar-refractivity contribution >= 4 is 11.0 Å². The van der Waals surface area contributed by atoms with Gasteiger partial charge in [-0.3, -0.25) is 9.80 Å². The van der Waals surface area contributed by atoms with Crippen molar-refractivity contribution in [2.75, 3.05) is 19.6 Å². The lowest BCUT2D eigenvalue weighted by molar-refractivity contribution is 0.175. The van der Waals surface area contributed by atoms with Crippen molar-refractivity contribution < 1.29 is 0 Å². The van der Waals surface area contributed by atoms with Crippen LogP contribution in [-0.2, 0) is 13.6 Å². The molecule has 1 aliphatic rings. The molecule has 4 rings (SSSR count). The zero-order chi connectivity index (χ0) is 18.8. The summed E-state index contributed by atoms with van der Waals surface area (Å²) in [5.74, 6) is 1.16. The number of para-hydroxylation sites is 2. The van der Waals surface area contributed by atoms with Crippen LogP contribution in [0, 0.1) is 0 Å². The Morgan fingerprint density at radius 2 is 1.85 bits per heavy atom. The van der Waals surface area contributed by atoms with E-state index in [0.29, 0.717) is 12.1 Å². The average molecular weight is 363 g/mol. The van der Waals surface area contributed by atoms with Gasteiger partial charge < -0.3 is 4.57 Å². The summed E-state index contributed by atoms with van der Waals surface area (Å²) in [6.07, 6.45) is 1.23. The van der Waals surface area contributed by atoms with Crippen LogP contribution in [0.15, 0.2) is 54.6 Å². The van der Waals surface area contributed by atoms with Crippen molar-refractivity contribution in [2.45, 2.75) is 38.9 Å². The van der Waals surface area contributed by atoms with Gasteiger partial charge in [-0.1, -0.05) is 49.4 Å². The number of likely N-dealkylation sites (tertiary alicyclic amines) is 1. The number of fused-ring (bicyclic) bond motifs is 1. The highest BCUT2D eigenvalue weighted by Crippen LogP contribution is 2.27. The van der Waals surface area contributed by atoms with Gasteiger partial charge >= 0.3 is 0 Å². The number of hydrogen-bond donors (Lipinski definition) is 0. The summed E-state index contributed by atoms with van der Waals surface area (Å²) in [5.41, 5.74) is 3.72. The first-order chi connectivity index (χ1) is 13.2. The Kier molecular flexibility index (Phi) is 5.28. The van der Waals surface area contributed by atoms with E-state index >= 15 is 0 Å². The molecule has 0 saturated carbocycles. The first-order valence-corrected chi connectivity index (χ1v) is 10.1. The molecule has 142 valence electrons. The Morgan fingerprint density at radius 3 is 2.59 bits per heavy atom. The molecule has 27 heavy (non-hydrogen) atoms. The molecule has 2 aromatic carbocycles. The lowest BCUT2D eigenvalue weighted by Gasteiger charge is -2.29. The van der Waals surface area contributed by atoms with E-state index in [1.54, 1.807) is 0 Å². The summed E-state index contributed by atoms with van der Waals surface area (Å²) >= 11 is 0. The lowest BCUT2D eigenvalue weighted by atomic mass is 10.1. The number of aromatic nitrogens is 2. The van der Waals surface area contributed by atoms with Crippen molar-refractivity contribution in [1.29, 1.82) is 0 Å². The summed E-state index contributed by atoms with van der Waals surface area (Å²) in [6.45, 7) is 8.88. The highest BCUT2D eigenvalue weighted by Gasteiger charge is 2.30. The van der Waals surface area contributed by atoms with Gasteiger partial charge in [-0.2, -0.15) is 0 Å². The molecule has 1 aromatic heterocycles. The second kappa shape index (κ2) is 7.83. The van der Waals surface area contributed by atoms with Gasteiger partial charge in [-0.05, 0) is 37.6 Å². The fraction of sp³-hybridized carbons (Fsp3) is 0.435. The van der Waals surface area contributed by atoms with Gasteiger partial charge in [0.25, 0.3) is 0 Å². The van der Waals surface area contributed by atoms with Gasteiger partial charge in [-0.15, -0.1) is 0 Å². The molecule has 0 spiro atoms. The highest BCUT2D eigenvalue weighted by molar-refractivity contribution is 5.75. The molecular weight excluding hydrogens is 332 g/mol. The van der Waals surface area contributed by atoms with Crippen molar-refractivity contribution in [1.82, 2.24) is 19.4 Å². The third-order valence-electron chi connectivity index (χ3n) is 6.17. The van der Waals surface area contributed by atoms with Crippen molar-refractivity contribution in [2.24, 2.45) is 7.05 Å². The van der Waals surface area contributed by atoms with Crippen LogP contribution in [0.1, 0.15) is 37.7 Å². The second-order valence-electron chi connectivity index (χ2n) is 7.66. The van der Waals surface area contributed by atoms with Crippen LogP contribution in [-0.4, -0.2) is 45.0 Å². The van der Waals surface area contributed by atoms with Crippen LogP contribution in [0.25, 0.3) is 11.0 Å². The van der Waals surface area contributed by atoms with Gasteiger partial charge in [0.15, 0.2) is 0 Å². The number of benzene rings is 2. The van der Waals surface area contributed by atoms with E-state index in [4.69, 9.17) is 4.98 Å². The number of nitrogens with zero attached hydrogens (tertiary/aromatic N) is 4. The third-order valence-corrected chi connectivity index (χ3v) is 6.17. The van der Waals surface area contributed by atoms with Gasteiger partial charge in [-0.25, -0.2) is 4.98 Å². The Bertz CT molecular complexity index is 886. The molecule has 4 nitrogen and oxygen atoms in total. The first-order valence-electron chi connectivity index (χ1n) is 10.1. The van der Waals surface area contributed by atoms with Crippen LogP contribution in [0.4, 0.5) is 0 Å². The van der Waals surface area contributed by atoms with Crippen LogP contribution in [0.3, 0.4) is 0 Å². The van der Waals surface area contributed by atoms with Gasteiger partial charge in [0.05, 0.1) is 17.6 Å². The Hall–Kier alpha value is -2.17. The van der Waals surface area contributed by atoms with Crippen molar-refractivity contribution in [3.8, 4) is 0 Å². The molecule has 1 fully saturated rings. The smallest absolute Gasteiger partial charge is 0.123 e. The predicted molar refractivity (Wildman–Crippen MR) is 112 cm³/mol. The topological polar surface area (TPSA) is 24.3 Å². The number of likely N-dealkylation sites (N-methyl/N-ethyl adjacent to an activating group) is 1. The molecule has 4 heteroatoms. The third kappa shape index (κ3) is 3.64. The van der Waals surface area contributed by atoms with Crippen LogP contribution >= 0.6 is 0 Å². The summed E-state index contributed by atoms with van der Waals surface area (Å²) in [6, 6.07) is 20.4. The first kappa shape index (κ1) is 18.2. The Labute approximate surface area is 162 Å².